The van der Waals surface area contributed by atoms with Gasteiger partial charge in [-0.1, -0.05) is 13.8 Å². The normalized spacial score (nSPS) is 10.6. The maximum absolute atomic E-state index is 12.1. The van der Waals surface area contributed by atoms with Gasteiger partial charge in [0.2, 0.25) is 0 Å². The Balaban J connectivity index is 2.86. The quantitative estimate of drug-likeness (QED) is 0.869. The van der Waals surface area contributed by atoms with E-state index in [1.165, 1.54) is 16.2 Å². The van der Waals surface area contributed by atoms with Gasteiger partial charge in [-0.2, -0.15) is 0 Å². The lowest BCUT2D eigenvalue weighted by atomic mass is 10.2. The lowest BCUT2D eigenvalue weighted by molar-refractivity contribution is -0.137. The predicted molar refractivity (Wildman–Crippen MR) is 65.2 cm³/mol. The molecule has 1 heterocycles. The molecule has 0 radical (unpaired) electrons. The number of thiazole rings is 1. The fraction of sp³-hybridized carbons (Fsp3) is 0.545. The van der Waals surface area contributed by atoms with E-state index < -0.39 is 5.97 Å². The first-order chi connectivity index (χ1) is 7.91. The zero-order valence-corrected chi connectivity index (χ0v) is 11.0. The van der Waals surface area contributed by atoms with Gasteiger partial charge in [-0.25, -0.2) is 4.98 Å². The molecule has 0 fully saturated rings. The molecule has 1 aromatic heterocycles. The summed E-state index contributed by atoms with van der Waals surface area (Å²) >= 11 is 1.24. The smallest absolute Gasteiger partial charge is 0.323 e. The zero-order chi connectivity index (χ0) is 13.0. The molecular formula is C11H16N2O3S. The monoisotopic (exact) mass is 256 g/mol. The second-order valence-corrected chi connectivity index (χ2v) is 5.09. The Kier molecular flexibility index (Phi) is 4.62. The highest BCUT2D eigenvalue weighted by atomic mass is 32.1. The molecular weight excluding hydrogens is 240 g/mol. The summed E-state index contributed by atoms with van der Waals surface area (Å²) in [7, 11) is 0. The minimum Gasteiger partial charge on any atom is -0.480 e. The van der Waals surface area contributed by atoms with Crippen molar-refractivity contribution in [2.75, 3.05) is 13.1 Å². The van der Waals surface area contributed by atoms with Crippen molar-refractivity contribution >= 4 is 23.2 Å². The molecule has 1 N–H and O–H groups in total. The SMILES string of the molecule is Cc1ncsc1C(=O)N(CC(=O)O)CC(C)C. The van der Waals surface area contributed by atoms with Crippen molar-refractivity contribution in [3.63, 3.8) is 0 Å². The van der Waals surface area contributed by atoms with Gasteiger partial charge in [0.15, 0.2) is 0 Å². The van der Waals surface area contributed by atoms with E-state index in [1.54, 1.807) is 12.4 Å². The number of amides is 1. The van der Waals surface area contributed by atoms with Crippen LogP contribution in [0, 0.1) is 12.8 Å². The third kappa shape index (κ3) is 3.81. The highest BCUT2D eigenvalue weighted by Gasteiger charge is 2.22. The molecule has 6 heteroatoms. The minimum absolute atomic E-state index is 0.228. The number of aryl methyl sites for hydroxylation is 1. The Morgan fingerprint density at radius 3 is 2.59 bits per heavy atom. The van der Waals surface area contributed by atoms with E-state index in [2.05, 4.69) is 4.98 Å². The first-order valence-corrected chi connectivity index (χ1v) is 6.21. The minimum atomic E-state index is -0.999. The highest BCUT2D eigenvalue weighted by Crippen LogP contribution is 2.15. The van der Waals surface area contributed by atoms with Gasteiger partial charge < -0.3 is 10.0 Å². The van der Waals surface area contributed by atoms with Gasteiger partial charge in [0.1, 0.15) is 11.4 Å². The molecule has 94 valence electrons. The number of aliphatic carboxylic acids is 1. The van der Waals surface area contributed by atoms with Gasteiger partial charge in [-0.15, -0.1) is 11.3 Å². The van der Waals surface area contributed by atoms with Gasteiger partial charge in [0, 0.05) is 6.54 Å². The summed E-state index contributed by atoms with van der Waals surface area (Å²) in [5.41, 5.74) is 2.25. The van der Waals surface area contributed by atoms with Gasteiger partial charge in [0.05, 0.1) is 11.2 Å². The maximum atomic E-state index is 12.1. The number of carbonyl (C=O) groups excluding carboxylic acids is 1. The molecule has 17 heavy (non-hydrogen) atoms. The summed E-state index contributed by atoms with van der Waals surface area (Å²) in [4.78, 5) is 28.8. The molecule has 0 spiro atoms. The fourth-order valence-corrected chi connectivity index (χ4v) is 2.24. The van der Waals surface area contributed by atoms with E-state index in [4.69, 9.17) is 5.11 Å². The number of aromatic nitrogens is 1. The van der Waals surface area contributed by atoms with Crippen LogP contribution in [0.15, 0.2) is 5.51 Å². The van der Waals surface area contributed by atoms with E-state index in [9.17, 15) is 9.59 Å². The Morgan fingerprint density at radius 1 is 1.53 bits per heavy atom. The first-order valence-electron chi connectivity index (χ1n) is 5.33. The van der Waals surface area contributed by atoms with Crippen LogP contribution in [0.2, 0.25) is 0 Å². The highest BCUT2D eigenvalue weighted by molar-refractivity contribution is 7.11. The molecule has 5 nitrogen and oxygen atoms in total. The Labute approximate surface area is 104 Å². The molecule has 0 atom stereocenters. The number of carboxylic acid groups (broad SMARTS) is 1. The van der Waals surface area contributed by atoms with Crippen molar-refractivity contribution in [1.82, 2.24) is 9.88 Å². The number of hydrogen-bond donors (Lipinski definition) is 1. The van der Waals surface area contributed by atoms with Crippen molar-refractivity contribution in [3.8, 4) is 0 Å². The summed E-state index contributed by atoms with van der Waals surface area (Å²) in [5.74, 6) is -1.02. The molecule has 0 aliphatic rings. The molecule has 0 saturated carbocycles. The van der Waals surface area contributed by atoms with Crippen LogP contribution in [0.1, 0.15) is 29.2 Å². The summed E-state index contributed by atoms with van der Waals surface area (Å²) in [6.45, 7) is 5.80. The van der Waals surface area contributed by atoms with Crippen molar-refractivity contribution in [2.24, 2.45) is 5.92 Å². The standard InChI is InChI=1S/C11H16N2O3S/c1-7(2)4-13(5-9(14)15)11(16)10-8(3)12-6-17-10/h6-7H,4-5H2,1-3H3,(H,14,15). The Bertz CT molecular complexity index is 415. The molecule has 0 aliphatic heterocycles. The van der Waals surface area contributed by atoms with Gasteiger partial charge in [-0.3, -0.25) is 9.59 Å². The van der Waals surface area contributed by atoms with E-state index in [1.807, 2.05) is 13.8 Å². The zero-order valence-electron chi connectivity index (χ0n) is 10.1. The number of nitrogens with zero attached hydrogens (tertiary/aromatic N) is 2. The lowest BCUT2D eigenvalue weighted by Gasteiger charge is -2.22. The van der Waals surface area contributed by atoms with Crippen LogP contribution in [0.4, 0.5) is 0 Å². The van der Waals surface area contributed by atoms with Gasteiger partial charge in [-0.05, 0) is 12.8 Å². The second-order valence-electron chi connectivity index (χ2n) is 4.24. The van der Waals surface area contributed by atoms with E-state index in [0.717, 1.165) is 0 Å². The average Bonchev–Trinajstić information content (AvgIpc) is 2.61. The molecule has 1 amide bonds. The summed E-state index contributed by atoms with van der Waals surface area (Å²) in [6, 6.07) is 0. The molecule has 1 aromatic rings. The first kappa shape index (κ1) is 13.6. The number of hydrogen-bond acceptors (Lipinski definition) is 4. The topological polar surface area (TPSA) is 70.5 Å². The third-order valence-corrected chi connectivity index (χ3v) is 3.06. The molecule has 0 unspecified atom stereocenters. The molecule has 0 aromatic carbocycles. The second kappa shape index (κ2) is 5.77. The molecule has 0 aliphatic carbocycles. The third-order valence-electron chi connectivity index (χ3n) is 2.14. The van der Waals surface area contributed by atoms with Crippen LogP contribution in [-0.2, 0) is 4.79 Å². The van der Waals surface area contributed by atoms with Gasteiger partial charge >= 0.3 is 5.97 Å². The van der Waals surface area contributed by atoms with Crippen LogP contribution < -0.4 is 0 Å². The predicted octanol–water partition coefficient (Wildman–Crippen LogP) is 1.63. The number of carboxylic acids is 1. The molecule has 0 saturated heterocycles. The van der Waals surface area contributed by atoms with Crippen LogP contribution in [0.5, 0.6) is 0 Å². The fourth-order valence-electron chi connectivity index (χ4n) is 1.47. The summed E-state index contributed by atoms with van der Waals surface area (Å²) in [5, 5.41) is 8.81. The van der Waals surface area contributed by atoms with Crippen LogP contribution >= 0.6 is 11.3 Å². The van der Waals surface area contributed by atoms with Crippen molar-refractivity contribution in [2.45, 2.75) is 20.8 Å². The Hall–Kier alpha value is -1.43. The van der Waals surface area contributed by atoms with Crippen molar-refractivity contribution in [3.05, 3.63) is 16.1 Å². The van der Waals surface area contributed by atoms with E-state index in [0.29, 0.717) is 17.1 Å². The van der Waals surface area contributed by atoms with Crippen LogP contribution in [0.3, 0.4) is 0 Å². The molecule has 0 bridgehead atoms. The number of rotatable bonds is 5. The van der Waals surface area contributed by atoms with E-state index in [-0.39, 0.29) is 18.4 Å². The maximum Gasteiger partial charge on any atom is 0.323 e. The number of carbonyl (C=O) groups is 2. The van der Waals surface area contributed by atoms with Crippen molar-refractivity contribution < 1.29 is 14.7 Å². The van der Waals surface area contributed by atoms with Crippen molar-refractivity contribution in [1.29, 1.82) is 0 Å². The molecule has 1 rings (SSSR count). The van der Waals surface area contributed by atoms with Crippen LogP contribution in [-0.4, -0.2) is 40.0 Å². The summed E-state index contributed by atoms with van der Waals surface area (Å²) < 4.78 is 0. The van der Waals surface area contributed by atoms with Gasteiger partial charge in [0.25, 0.3) is 5.91 Å². The lowest BCUT2D eigenvalue weighted by Crippen LogP contribution is -2.38. The largest absolute Gasteiger partial charge is 0.480 e. The Morgan fingerprint density at radius 2 is 2.18 bits per heavy atom. The van der Waals surface area contributed by atoms with Crippen LogP contribution in [0.25, 0.3) is 0 Å². The van der Waals surface area contributed by atoms with E-state index >= 15 is 0 Å². The summed E-state index contributed by atoms with van der Waals surface area (Å²) in [6.07, 6.45) is 0. The average molecular weight is 256 g/mol.